The number of nitrogens with zero attached hydrogens (tertiary/aromatic N) is 2. The van der Waals surface area contributed by atoms with Crippen molar-refractivity contribution < 1.29 is 24.0 Å². The fourth-order valence-electron chi connectivity index (χ4n) is 3.85. The molecule has 8 heteroatoms. The third kappa shape index (κ3) is 1.71. The second-order valence-corrected chi connectivity index (χ2v) is 6.25. The minimum atomic E-state index is -0.787. The number of carbonyl (C=O) groups excluding carboxylic acids is 2. The summed E-state index contributed by atoms with van der Waals surface area (Å²) >= 11 is 0. The molecule has 124 valence electrons. The maximum Gasteiger partial charge on any atom is 0.273 e. The van der Waals surface area contributed by atoms with Gasteiger partial charge in [0.1, 0.15) is 5.75 Å². The van der Waals surface area contributed by atoms with Crippen molar-refractivity contribution in [3.8, 4) is 5.75 Å². The molecule has 3 aliphatic rings. The molecule has 2 bridgehead atoms. The second kappa shape index (κ2) is 4.64. The van der Waals surface area contributed by atoms with E-state index in [1.54, 1.807) is 6.92 Å². The number of benzene rings is 1. The third-order valence-electron chi connectivity index (χ3n) is 4.94. The van der Waals surface area contributed by atoms with Gasteiger partial charge in [0.05, 0.1) is 47.3 Å². The molecule has 1 aromatic rings. The highest BCUT2D eigenvalue weighted by Gasteiger charge is 2.66. The van der Waals surface area contributed by atoms with E-state index in [1.165, 1.54) is 25.3 Å². The van der Waals surface area contributed by atoms with E-state index < -0.39 is 28.5 Å². The van der Waals surface area contributed by atoms with Crippen LogP contribution in [-0.2, 0) is 14.3 Å². The molecule has 4 unspecified atom stereocenters. The van der Waals surface area contributed by atoms with Crippen LogP contribution in [0.25, 0.3) is 0 Å². The normalized spacial score (nSPS) is 33.2. The van der Waals surface area contributed by atoms with E-state index in [1.807, 2.05) is 12.2 Å². The van der Waals surface area contributed by atoms with Crippen LogP contribution in [0.5, 0.6) is 5.75 Å². The molecule has 8 nitrogen and oxygen atoms in total. The van der Waals surface area contributed by atoms with Gasteiger partial charge in [0.15, 0.2) is 0 Å². The molecule has 3 heterocycles. The summed E-state index contributed by atoms with van der Waals surface area (Å²) in [5.74, 6) is -1.77. The molecular weight excluding hydrogens is 316 g/mol. The van der Waals surface area contributed by atoms with Crippen molar-refractivity contribution in [2.45, 2.75) is 18.6 Å². The lowest BCUT2D eigenvalue weighted by Crippen LogP contribution is -2.38. The minimum Gasteiger partial charge on any atom is -0.494 e. The van der Waals surface area contributed by atoms with Gasteiger partial charge in [-0.1, -0.05) is 12.2 Å². The number of rotatable bonds is 3. The fourth-order valence-corrected chi connectivity index (χ4v) is 3.85. The number of hydrogen-bond donors (Lipinski definition) is 0. The molecule has 2 amide bonds. The molecule has 0 radical (unpaired) electrons. The lowest BCUT2D eigenvalue weighted by atomic mass is 9.78. The van der Waals surface area contributed by atoms with Crippen molar-refractivity contribution in [3.05, 3.63) is 40.5 Å². The zero-order valence-corrected chi connectivity index (χ0v) is 13.0. The molecular formula is C16H14N2O6. The summed E-state index contributed by atoms with van der Waals surface area (Å²) in [5, 5.41) is 10.9. The van der Waals surface area contributed by atoms with E-state index in [9.17, 15) is 19.7 Å². The van der Waals surface area contributed by atoms with Crippen LogP contribution in [0.3, 0.4) is 0 Å². The first kappa shape index (κ1) is 14.8. The Kier molecular flexibility index (Phi) is 2.86. The molecule has 0 aliphatic carbocycles. The van der Waals surface area contributed by atoms with Gasteiger partial charge < -0.3 is 9.47 Å². The molecule has 1 aromatic carbocycles. The molecule has 2 saturated heterocycles. The predicted molar refractivity (Wildman–Crippen MR) is 81.5 cm³/mol. The van der Waals surface area contributed by atoms with Crippen LogP contribution < -0.4 is 9.64 Å². The molecule has 2 fully saturated rings. The quantitative estimate of drug-likeness (QED) is 0.360. The molecule has 0 spiro atoms. The zero-order chi connectivity index (χ0) is 17.2. The number of amides is 2. The van der Waals surface area contributed by atoms with Crippen LogP contribution >= 0.6 is 0 Å². The van der Waals surface area contributed by atoms with Gasteiger partial charge in [-0.2, -0.15) is 0 Å². The van der Waals surface area contributed by atoms with Crippen molar-refractivity contribution in [2.75, 3.05) is 12.0 Å². The number of fused-ring (bicyclic) bond motifs is 5. The van der Waals surface area contributed by atoms with Crippen LogP contribution in [0.1, 0.15) is 6.92 Å². The Morgan fingerprint density at radius 2 is 2.08 bits per heavy atom. The van der Waals surface area contributed by atoms with Crippen LogP contribution in [-0.4, -0.2) is 35.6 Å². The van der Waals surface area contributed by atoms with Crippen LogP contribution in [0.15, 0.2) is 30.4 Å². The van der Waals surface area contributed by atoms with Crippen LogP contribution in [0.2, 0.25) is 0 Å². The fraction of sp³-hybridized carbons (Fsp3) is 0.375. The van der Waals surface area contributed by atoms with Gasteiger partial charge in [-0.25, -0.2) is 4.90 Å². The number of methoxy groups -OCH3 is 1. The van der Waals surface area contributed by atoms with Crippen LogP contribution in [0, 0.1) is 22.0 Å². The Balaban J connectivity index is 1.78. The number of carbonyl (C=O) groups is 2. The highest BCUT2D eigenvalue weighted by atomic mass is 16.6. The number of nitro benzene ring substituents is 1. The standard InChI is InChI=1S/C16H14N2O6/c1-16-6-5-10(24-16)12-13(16)15(20)17(14(12)19)9-4-3-8(18(21)22)7-11(9)23-2/h3-7,10,12-13H,1-2H3. The number of anilines is 1. The first-order valence-corrected chi connectivity index (χ1v) is 7.45. The van der Waals surface area contributed by atoms with Gasteiger partial charge in [0, 0.05) is 6.07 Å². The molecule has 4 atom stereocenters. The van der Waals surface area contributed by atoms with E-state index in [0.717, 1.165) is 4.90 Å². The first-order chi connectivity index (χ1) is 11.4. The summed E-state index contributed by atoms with van der Waals surface area (Å²) in [6, 6.07) is 3.82. The molecule has 0 saturated carbocycles. The zero-order valence-electron chi connectivity index (χ0n) is 13.0. The monoisotopic (exact) mass is 330 g/mol. The van der Waals surface area contributed by atoms with Crippen molar-refractivity contribution in [1.82, 2.24) is 0 Å². The Labute approximate surface area is 136 Å². The highest BCUT2D eigenvalue weighted by Crippen LogP contribution is 2.53. The Bertz CT molecular complexity index is 819. The predicted octanol–water partition coefficient (Wildman–Crippen LogP) is 1.44. The summed E-state index contributed by atoms with van der Waals surface area (Å²) in [5.41, 5.74) is -0.743. The number of imide groups is 1. The van der Waals surface area contributed by atoms with E-state index in [4.69, 9.17) is 9.47 Å². The SMILES string of the molecule is COc1cc([N+](=O)[O-])ccc1N1C(=O)C2C3C=CC(C)(O3)C2C1=O. The molecule has 0 aromatic heterocycles. The van der Waals surface area contributed by atoms with Crippen LogP contribution in [0.4, 0.5) is 11.4 Å². The van der Waals surface area contributed by atoms with Gasteiger partial charge in [0.2, 0.25) is 11.8 Å². The molecule has 24 heavy (non-hydrogen) atoms. The Hall–Kier alpha value is -2.74. The summed E-state index contributed by atoms with van der Waals surface area (Å²) in [6.07, 6.45) is 3.22. The lowest BCUT2D eigenvalue weighted by Gasteiger charge is -2.24. The average molecular weight is 330 g/mol. The summed E-state index contributed by atoms with van der Waals surface area (Å²) < 4.78 is 10.9. The largest absolute Gasteiger partial charge is 0.494 e. The number of nitro groups is 1. The van der Waals surface area contributed by atoms with Gasteiger partial charge in [-0.05, 0) is 13.0 Å². The van der Waals surface area contributed by atoms with Crippen molar-refractivity contribution >= 4 is 23.2 Å². The number of non-ortho nitro benzene ring substituents is 1. The Morgan fingerprint density at radius 3 is 2.71 bits per heavy atom. The smallest absolute Gasteiger partial charge is 0.273 e. The van der Waals surface area contributed by atoms with E-state index in [0.29, 0.717) is 0 Å². The third-order valence-corrected chi connectivity index (χ3v) is 4.94. The van der Waals surface area contributed by atoms with E-state index in [2.05, 4.69) is 0 Å². The Morgan fingerprint density at radius 1 is 1.33 bits per heavy atom. The summed E-state index contributed by atoms with van der Waals surface area (Å²) in [6.45, 7) is 1.79. The minimum absolute atomic E-state index is 0.109. The average Bonchev–Trinajstić information content (AvgIpc) is 3.16. The number of hydrogen-bond acceptors (Lipinski definition) is 6. The maximum absolute atomic E-state index is 12.9. The van der Waals surface area contributed by atoms with Gasteiger partial charge >= 0.3 is 0 Å². The van der Waals surface area contributed by atoms with Crippen molar-refractivity contribution in [1.29, 1.82) is 0 Å². The molecule has 4 rings (SSSR count). The lowest BCUT2D eigenvalue weighted by molar-refractivity contribution is -0.384. The maximum atomic E-state index is 12.9. The number of ether oxygens (including phenoxy) is 2. The molecule has 0 N–H and O–H groups in total. The van der Waals surface area contributed by atoms with Gasteiger partial charge in [0.25, 0.3) is 5.69 Å². The topological polar surface area (TPSA) is 99.0 Å². The summed E-state index contributed by atoms with van der Waals surface area (Å²) in [4.78, 5) is 37.1. The second-order valence-electron chi connectivity index (χ2n) is 6.25. The van der Waals surface area contributed by atoms with E-state index in [-0.39, 0.29) is 28.9 Å². The van der Waals surface area contributed by atoms with Crippen molar-refractivity contribution in [2.24, 2.45) is 11.8 Å². The van der Waals surface area contributed by atoms with Gasteiger partial charge in [-0.3, -0.25) is 19.7 Å². The van der Waals surface area contributed by atoms with Crippen molar-refractivity contribution in [3.63, 3.8) is 0 Å². The summed E-state index contributed by atoms with van der Waals surface area (Å²) in [7, 11) is 1.34. The van der Waals surface area contributed by atoms with Gasteiger partial charge in [-0.15, -0.1) is 0 Å². The van der Waals surface area contributed by atoms with E-state index >= 15 is 0 Å². The molecule has 3 aliphatic heterocycles. The highest BCUT2D eigenvalue weighted by molar-refractivity contribution is 6.24. The first-order valence-electron chi connectivity index (χ1n) is 7.45.